The molecule has 0 aromatic carbocycles. The molecule has 0 bridgehead atoms. The van der Waals surface area contributed by atoms with Gasteiger partial charge >= 0.3 is 0 Å². The summed E-state index contributed by atoms with van der Waals surface area (Å²) >= 11 is 0. The van der Waals surface area contributed by atoms with Gasteiger partial charge in [-0.2, -0.15) is 0 Å². The van der Waals surface area contributed by atoms with E-state index in [1.807, 2.05) is 30.4 Å². The van der Waals surface area contributed by atoms with E-state index in [1.54, 1.807) is 0 Å². The summed E-state index contributed by atoms with van der Waals surface area (Å²) < 4.78 is 12.9. The number of carbonyl (C=O) groups excluding carboxylic acids is 1. The van der Waals surface area contributed by atoms with Crippen LogP contribution in [0.4, 0.5) is 0 Å². The summed E-state index contributed by atoms with van der Waals surface area (Å²) in [6.45, 7) is 10.2. The topological polar surface area (TPSA) is 97.1 Å². The summed E-state index contributed by atoms with van der Waals surface area (Å²) in [6.07, 6.45) is 2.47. The van der Waals surface area contributed by atoms with Gasteiger partial charge in [-0.1, -0.05) is 0 Å². The zero-order chi connectivity index (χ0) is 21.3. The van der Waals surface area contributed by atoms with Crippen LogP contribution in [0.25, 0.3) is 0 Å². The molecule has 2 fully saturated rings. The molecule has 3 rings (SSSR count). The SMILES string of the molecule is CCOCCCNC(=NCc1nnc(C)n1C)N1CCN(C(=O)C2CCCO2)CC1. The summed E-state index contributed by atoms with van der Waals surface area (Å²) in [5.41, 5.74) is 0. The van der Waals surface area contributed by atoms with Crippen LogP contribution < -0.4 is 5.32 Å². The van der Waals surface area contributed by atoms with E-state index < -0.39 is 0 Å². The van der Waals surface area contributed by atoms with E-state index in [0.29, 0.717) is 26.2 Å². The maximum Gasteiger partial charge on any atom is 0.251 e. The minimum atomic E-state index is -0.250. The van der Waals surface area contributed by atoms with Crippen LogP contribution in [0.1, 0.15) is 37.8 Å². The molecular formula is C20H35N7O3. The summed E-state index contributed by atoms with van der Waals surface area (Å²) in [4.78, 5) is 21.5. The Morgan fingerprint density at radius 2 is 2.03 bits per heavy atom. The van der Waals surface area contributed by atoms with Gasteiger partial charge in [0.1, 0.15) is 18.5 Å². The van der Waals surface area contributed by atoms with Crippen molar-refractivity contribution in [2.24, 2.45) is 12.0 Å². The summed E-state index contributed by atoms with van der Waals surface area (Å²) in [6, 6.07) is 0. The average molecular weight is 422 g/mol. The molecule has 0 aliphatic carbocycles. The molecule has 10 nitrogen and oxygen atoms in total. The second-order valence-corrected chi connectivity index (χ2v) is 7.65. The lowest BCUT2D eigenvalue weighted by atomic mass is 10.2. The Kier molecular flexibility index (Phi) is 8.44. The number of piperazine rings is 1. The molecule has 2 aliphatic heterocycles. The molecule has 10 heteroatoms. The Bertz CT molecular complexity index is 707. The Labute approximate surface area is 178 Å². The van der Waals surface area contributed by atoms with Crippen LogP contribution in [0, 0.1) is 6.92 Å². The van der Waals surface area contributed by atoms with Crippen LogP contribution in [0.3, 0.4) is 0 Å². The summed E-state index contributed by atoms with van der Waals surface area (Å²) in [5, 5.41) is 11.8. The molecule has 168 valence electrons. The number of guanidine groups is 1. The predicted octanol–water partition coefficient (Wildman–Crippen LogP) is 0.319. The number of aryl methyl sites for hydroxylation is 1. The molecule has 2 saturated heterocycles. The first kappa shape index (κ1) is 22.5. The number of hydrogen-bond acceptors (Lipinski definition) is 6. The Hall–Kier alpha value is -2.20. The van der Waals surface area contributed by atoms with E-state index in [1.165, 1.54) is 0 Å². The maximum absolute atomic E-state index is 12.6. The van der Waals surface area contributed by atoms with Crippen molar-refractivity contribution in [1.29, 1.82) is 0 Å². The van der Waals surface area contributed by atoms with Crippen molar-refractivity contribution in [3.8, 4) is 0 Å². The molecule has 0 spiro atoms. The highest BCUT2D eigenvalue weighted by Crippen LogP contribution is 2.16. The molecule has 30 heavy (non-hydrogen) atoms. The number of nitrogens with zero attached hydrogens (tertiary/aromatic N) is 6. The van der Waals surface area contributed by atoms with E-state index >= 15 is 0 Å². The lowest BCUT2D eigenvalue weighted by Crippen LogP contribution is -2.55. The minimum Gasteiger partial charge on any atom is -0.382 e. The summed E-state index contributed by atoms with van der Waals surface area (Å²) in [5.74, 6) is 2.67. The van der Waals surface area contributed by atoms with Crippen LogP contribution in [0.15, 0.2) is 4.99 Å². The van der Waals surface area contributed by atoms with Gasteiger partial charge in [-0.15, -0.1) is 10.2 Å². The fraction of sp³-hybridized carbons (Fsp3) is 0.800. The Morgan fingerprint density at radius 1 is 1.27 bits per heavy atom. The number of aliphatic imine (C=N–C) groups is 1. The quantitative estimate of drug-likeness (QED) is 0.367. The molecule has 0 saturated carbocycles. The summed E-state index contributed by atoms with van der Waals surface area (Å²) in [7, 11) is 1.95. The zero-order valence-corrected chi connectivity index (χ0v) is 18.5. The van der Waals surface area contributed by atoms with Crippen molar-refractivity contribution in [3.63, 3.8) is 0 Å². The lowest BCUT2D eigenvalue weighted by Gasteiger charge is -2.37. The third kappa shape index (κ3) is 5.91. The standard InChI is InChI=1S/C20H35N7O3/c1-4-29-13-6-8-21-20(22-15-18-24-23-16(2)25(18)3)27-11-9-26(10-12-27)19(28)17-7-5-14-30-17/h17H,4-15H2,1-3H3,(H,21,22). The van der Waals surface area contributed by atoms with Gasteiger partial charge < -0.3 is 29.2 Å². The Balaban J connectivity index is 1.57. The molecule has 1 aromatic heterocycles. The van der Waals surface area contributed by atoms with Crippen molar-refractivity contribution < 1.29 is 14.3 Å². The highest BCUT2D eigenvalue weighted by atomic mass is 16.5. The van der Waals surface area contributed by atoms with Crippen molar-refractivity contribution in [2.75, 3.05) is 52.5 Å². The van der Waals surface area contributed by atoms with Crippen molar-refractivity contribution >= 4 is 11.9 Å². The van der Waals surface area contributed by atoms with Gasteiger partial charge in [0.25, 0.3) is 5.91 Å². The van der Waals surface area contributed by atoms with E-state index in [2.05, 4.69) is 20.4 Å². The molecule has 3 heterocycles. The molecule has 1 amide bonds. The van der Waals surface area contributed by atoms with E-state index in [4.69, 9.17) is 14.5 Å². The molecule has 1 aromatic rings. The van der Waals surface area contributed by atoms with Crippen LogP contribution in [-0.4, -0.2) is 95.1 Å². The van der Waals surface area contributed by atoms with E-state index in [9.17, 15) is 4.79 Å². The largest absolute Gasteiger partial charge is 0.382 e. The first-order valence-corrected chi connectivity index (χ1v) is 11.0. The second-order valence-electron chi connectivity index (χ2n) is 7.65. The Morgan fingerprint density at radius 3 is 2.67 bits per heavy atom. The number of carbonyl (C=O) groups is 1. The highest BCUT2D eigenvalue weighted by molar-refractivity contribution is 5.82. The highest BCUT2D eigenvalue weighted by Gasteiger charge is 2.31. The monoisotopic (exact) mass is 421 g/mol. The third-order valence-electron chi connectivity index (χ3n) is 5.60. The van der Waals surface area contributed by atoms with Crippen LogP contribution in [0.5, 0.6) is 0 Å². The minimum absolute atomic E-state index is 0.130. The number of ether oxygens (including phenoxy) is 2. The smallest absolute Gasteiger partial charge is 0.251 e. The number of nitrogens with one attached hydrogen (secondary N) is 1. The second kappa shape index (κ2) is 11.3. The molecular weight excluding hydrogens is 386 g/mol. The van der Waals surface area contributed by atoms with Gasteiger partial charge in [-0.25, -0.2) is 4.99 Å². The molecule has 0 radical (unpaired) electrons. The van der Waals surface area contributed by atoms with Gasteiger partial charge in [0.2, 0.25) is 0 Å². The van der Waals surface area contributed by atoms with Crippen molar-refractivity contribution in [2.45, 2.75) is 45.8 Å². The predicted molar refractivity (Wildman–Crippen MR) is 113 cm³/mol. The molecule has 2 aliphatic rings. The van der Waals surface area contributed by atoms with Gasteiger partial charge in [0.15, 0.2) is 11.8 Å². The van der Waals surface area contributed by atoms with Crippen LogP contribution >= 0.6 is 0 Å². The maximum atomic E-state index is 12.6. The van der Waals surface area contributed by atoms with Gasteiger partial charge in [0, 0.05) is 59.6 Å². The number of amides is 1. The third-order valence-corrected chi connectivity index (χ3v) is 5.60. The molecule has 1 atom stereocenters. The number of hydrogen-bond donors (Lipinski definition) is 1. The normalized spacial score (nSPS) is 20.1. The number of rotatable bonds is 8. The molecule has 1 N–H and O–H groups in total. The van der Waals surface area contributed by atoms with Gasteiger partial charge in [0.05, 0.1) is 0 Å². The van der Waals surface area contributed by atoms with Gasteiger partial charge in [-0.3, -0.25) is 4.79 Å². The van der Waals surface area contributed by atoms with Gasteiger partial charge in [-0.05, 0) is 33.1 Å². The number of aromatic nitrogens is 3. The van der Waals surface area contributed by atoms with E-state index in [0.717, 1.165) is 69.7 Å². The van der Waals surface area contributed by atoms with E-state index in [-0.39, 0.29) is 12.0 Å². The first-order valence-electron chi connectivity index (χ1n) is 11.0. The molecule has 1 unspecified atom stereocenters. The first-order chi connectivity index (χ1) is 14.6. The van der Waals surface area contributed by atoms with Crippen LogP contribution in [-0.2, 0) is 27.9 Å². The average Bonchev–Trinajstić information content (AvgIpc) is 3.41. The fourth-order valence-electron chi connectivity index (χ4n) is 3.64. The van der Waals surface area contributed by atoms with Crippen molar-refractivity contribution in [3.05, 3.63) is 11.6 Å². The zero-order valence-electron chi connectivity index (χ0n) is 18.5. The fourth-order valence-corrected chi connectivity index (χ4v) is 3.64. The lowest BCUT2D eigenvalue weighted by molar-refractivity contribution is -0.142. The van der Waals surface area contributed by atoms with Crippen molar-refractivity contribution in [1.82, 2.24) is 29.9 Å². The van der Waals surface area contributed by atoms with Crippen LogP contribution in [0.2, 0.25) is 0 Å².